The van der Waals surface area contributed by atoms with Gasteiger partial charge in [0.05, 0.1) is 19.9 Å². The first kappa shape index (κ1) is 23.6. The van der Waals surface area contributed by atoms with Crippen molar-refractivity contribution in [2.24, 2.45) is 5.10 Å². The molecule has 1 N–H and O–H groups in total. The first-order valence-corrected chi connectivity index (χ1v) is 10.9. The highest BCUT2D eigenvalue weighted by Gasteiger charge is 2.26. The zero-order valence-electron chi connectivity index (χ0n) is 18.3. The molecule has 7 nitrogen and oxygen atoms in total. The Kier molecular flexibility index (Phi) is 7.39. The van der Waals surface area contributed by atoms with Crippen LogP contribution in [0.2, 0.25) is 0 Å². The van der Waals surface area contributed by atoms with Gasteiger partial charge in [0, 0.05) is 7.05 Å². The van der Waals surface area contributed by atoms with E-state index in [1.807, 2.05) is 24.3 Å². The number of methoxy groups -OCH3 is 1. The summed E-state index contributed by atoms with van der Waals surface area (Å²) >= 11 is 0. The van der Waals surface area contributed by atoms with Gasteiger partial charge in [-0.3, -0.25) is 4.79 Å². The fraction of sp³-hybridized carbons (Fsp3) is 0.364. The fourth-order valence-corrected chi connectivity index (χ4v) is 4.09. The fourth-order valence-electron chi connectivity index (χ4n) is 2.72. The lowest BCUT2D eigenvalue weighted by Crippen LogP contribution is -2.36. The van der Waals surface area contributed by atoms with Crippen molar-refractivity contribution < 1.29 is 17.9 Å². The first-order valence-electron chi connectivity index (χ1n) is 9.48. The van der Waals surface area contributed by atoms with Gasteiger partial charge < -0.3 is 4.74 Å². The quantitative estimate of drug-likeness (QED) is 0.539. The van der Waals surface area contributed by atoms with E-state index in [0.717, 1.165) is 15.4 Å². The van der Waals surface area contributed by atoms with Crippen LogP contribution in [0, 0.1) is 6.92 Å². The van der Waals surface area contributed by atoms with Crippen LogP contribution in [0.1, 0.15) is 37.5 Å². The molecule has 2 rings (SSSR count). The Balaban J connectivity index is 2.02. The summed E-state index contributed by atoms with van der Waals surface area (Å²) in [6, 6.07) is 12.7. The molecule has 0 unspecified atom stereocenters. The molecule has 0 saturated heterocycles. The van der Waals surface area contributed by atoms with E-state index in [4.69, 9.17) is 4.74 Å². The Bertz CT molecular complexity index is 1020. The minimum atomic E-state index is -3.90. The van der Waals surface area contributed by atoms with Gasteiger partial charge in [0.2, 0.25) is 10.0 Å². The lowest BCUT2D eigenvalue weighted by Gasteiger charge is -2.18. The maximum atomic E-state index is 12.8. The molecule has 0 atom stereocenters. The Labute approximate surface area is 178 Å². The summed E-state index contributed by atoms with van der Waals surface area (Å²) < 4.78 is 31.8. The SMILES string of the molecule is COc1ccc(C)cc1S(=O)(=O)N(C)CC(=O)NN=Cc1ccc(C(C)(C)C)cc1. The van der Waals surface area contributed by atoms with Gasteiger partial charge in [-0.25, -0.2) is 13.8 Å². The van der Waals surface area contributed by atoms with Crippen LogP contribution in [0.4, 0.5) is 0 Å². The molecule has 0 fully saturated rings. The highest BCUT2D eigenvalue weighted by molar-refractivity contribution is 7.89. The lowest BCUT2D eigenvalue weighted by atomic mass is 9.87. The lowest BCUT2D eigenvalue weighted by molar-refractivity contribution is -0.121. The Morgan fingerprint density at radius 2 is 1.80 bits per heavy atom. The standard InChI is InChI=1S/C22H29N3O4S/c1-16-7-12-19(29-6)20(13-16)30(27,28)25(5)15-21(26)24-23-14-17-8-10-18(11-9-17)22(2,3)4/h7-14H,15H2,1-6H3,(H,24,26). The molecule has 0 aliphatic carbocycles. The predicted octanol–water partition coefficient (Wildman–Crippen LogP) is 3.07. The van der Waals surface area contributed by atoms with Crippen LogP contribution in [-0.4, -0.2) is 45.5 Å². The maximum absolute atomic E-state index is 12.8. The molecule has 162 valence electrons. The molecule has 0 heterocycles. The number of hydrazone groups is 1. The summed E-state index contributed by atoms with van der Waals surface area (Å²) in [5.41, 5.74) is 5.22. The molecule has 30 heavy (non-hydrogen) atoms. The van der Waals surface area contributed by atoms with Crippen molar-refractivity contribution in [3.05, 3.63) is 59.2 Å². The van der Waals surface area contributed by atoms with E-state index < -0.39 is 15.9 Å². The zero-order chi connectivity index (χ0) is 22.5. The number of amides is 1. The second kappa shape index (κ2) is 9.40. The summed E-state index contributed by atoms with van der Waals surface area (Å²) in [5.74, 6) is -0.320. The summed E-state index contributed by atoms with van der Waals surface area (Å²) in [7, 11) is -1.16. The van der Waals surface area contributed by atoms with Crippen molar-refractivity contribution in [2.45, 2.75) is 38.0 Å². The third kappa shape index (κ3) is 5.90. The van der Waals surface area contributed by atoms with E-state index >= 15 is 0 Å². The van der Waals surface area contributed by atoms with Gasteiger partial charge in [0.25, 0.3) is 5.91 Å². The normalized spacial score (nSPS) is 12.4. The highest BCUT2D eigenvalue weighted by atomic mass is 32.2. The number of nitrogens with zero attached hydrogens (tertiary/aromatic N) is 2. The van der Waals surface area contributed by atoms with Crippen LogP contribution >= 0.6 is 0 Å². The number of rotatable bonds is 7. The van der Waals surface area contributed by atoms with Gasteiger partial charge in [0.15, 0.2) is 0 Å². The van der Waals surface area contributed by atoms with E-state index in [1.54, 1.807) is 19.1 Å². The molecule has 0 radical (unpaired) electrons. The predicted molar refractivity (Wildman–Crippen MR) is 118 cm³/mol. The van der Waals surface area contributed by atoms with E-state index in [2.05, 4.69) is 31.3 Å². The number of sulfonamides is 1. The molecule has 0 aromatic heterocycles. The molecular weight excluding hydrogens is 402 g/mol. The highest BCUT2D eigenvalue weighted by Crippen LogP contribution is 2.27. The van der Waals surface area contributed by atoms with Crippen molar-refractivity contribution in [2.75, 3.05) is 20.7 Å². The number of nitrogens with one attached hydrogen (secondary N) is 1. The smallest absolute Gasteiger partial charge is 0.255 e. The van der Waals surface area contributed by atoms with Crippen molar-refractivity contribution in [3.63, 3.8) is 0 Å². The molecule has 8 heteroatoms. The number of hydrogen-bond acceptors (Lipinski definition) is 5. The molecule has 0 spiro atoms. The summed E-state index contributed by atoms with van der Waals surface area (Å²) in [6.45, 7) is 7.81. The van der Waals surface area contributed by atoms with Crippen LogP contribution in [-0.2, 0) is 20.2 Å². The molecule has 2 aromatic carbocycles. The van der Waals surface area contributed by atoms with Crippen LogP contribution in [0.5, 0.6) is 5.75 Å². The van der Waals surface area contributed by atoms with Crippen LogP contribution in [0.15, 0.2) is 52.5 Å². The number of carbonyl (C=O) groups is 1. The summed E-state index contributed by atoms with van der Waals surface area (Å²) in [6.07, 6.45) is 1.52. The van der Waals surface area contributed by atoms with Gasteiger partial charge in [-0.2, -0.15) is 9.41 Å². The molecule has 0 bridgehead atoms. The van der Waals surface area contributed by atoms with Crippen LogP contribution in [0.3, 0.4) is 0 Å². The third-order valence-corrected chi connectivity index (χ3v) is 6.38. The largest absolute Gasteiger partial charge is 0.495 e. The molecular formula is C22H29N3O4S. The molecule has 0 aliphatic heterocycles. The van der Waals surface area contributed by atoms with Crippen molar-refractivity contribution in [1.82, 2.24) is 9.73 Å². The minimum Gasteiger partial charge on any atom is -0.495 e. The van der Waals surface area contributed by atoms with E-state index in [-0.39, 0.29) is 22.6 Å². The monoisotopic (exact) mass is 431 g/mol. The Hall–Kier alpha value is -2.71. The van der Waals surface area contributed by atoms with E-state index in [0.29, 0.717) is 0 Å². The molecule has 0 saturated carbocycles. The molecule has 0 aliphatic rings. The van der Waals surface area contributed by atoms with E-state index in [1.165, 1.54) is 32.0 Å². The number of aryl methyl sites for hydroxylation is 1. The molecule has 2 aromatic rings. The van der Waals surface area contributed by atoms with Gasteiger partial charge >= 0.3 is 0 Å². The summed E-state index contributed by atoms with van der Waals surface area (Å²) in [5, 5.41) is 3.92. The van der Waals surface area contributed by atoms with Crippen molar-refractivity contribution >= 4 is 22.1 Å². The van der Waals surface area contributed by atoms with Crippen molar-refractivity contribution in [1.29, 1.82) is 0 Å². The maximum Gasteiger partial charge on any atom is 0.255 e. The van der Waals surface area contributed by atoms with Gasteiger partial charge in [-0.15, -0.1) is 0 Å². The second-order valence-electron chi connectivity index (χ2n) is 8.08. The van der Waals surface area contributed by atoms with Crippen LogP contribution < -0.4 is 10.2 Å². The van der Waals surface area contributed by atoms with Crippen LogP contribution in [0.25, 0.3) is 0 Å². The Morgan fingerprint density at radius 1 is 1.17 bits per heavy atom. The number of likely N-dealkylation sites (N-methyl/N-ethyl adjacent to an activating group) is 1. The summed E-state index contributed by atoms with van der Waals surface area (Å²) in [4.78, 5) is 12.2. The third-order valence-electron chi connectivity index (χ3n) is 4.55. The van der Waals surface area contributed by atoms with Gasteiger partial charge in [-0.05, 0) is 41.2 Å². The van der Waals surface area contributed by atoms with Gasteiger partial charge in [-0.1, -0.05) is 51.1 Å². The number of ether oxygens (including phenoxy) is 1. The topological polar surface area (TPSA) is 88.1 Å². The van der Waals surface area contributed by atoms with Gasteiger partial charge in [0.1, 0.15) is 10.6 Å². The number of carbonyl (C=O) groups excluding carboxylic acids is 1. The van der Waals surface area contributed by atoms with E-state index in [9.17, 15) is 13.2 Å². The minimum absolute atomic E-state index is 0.0164. The second-order valence-corrected chi connectivity index (χ2v) is 10.1. The first-order chi connectivity index (χ1) is 13.9. The number of hydrogen-bond donors (Lipinski definition) is 1. The average molecular weight is 432 g/mol. The zero-order valence-corrected chi connectivity index (χ0v) is 19.1. The number of benzene rings is 2. The Morgan fingerprint density at radius 3 is 2.37 bits per heavy atom. The molecule has 1 amide bonds. The van der Waals surface area contributed by atoms with Crippen molar-refractivity contribution in [3.8, 4) is 5.75 Å². The average Bonchev–Trinajstić information content (AvgIpc) is 2.67.